The fourth-order valence-corrected chi connectivity index (χ4v) is 4.60. The lowest BCUT2D eigenvalue weighted by molar-refractivity contribution is -0.137. The number of hydrogen-bond donors (Lipinski definition) is 1. The number of carboxylic acids is 1. The van der Waals surface area contributed by atoms with Crippen molar-refractivity contribution in [1.29, 1.82) is 0 Å². The Morgan fingerprint density at radius 1 is 0.906 bits per heavy atom. The second-order valence-electron chi connectivity index (χ2n) is 8.74. The average molecular weight is 439 g/mol. The van der Waals surface area contributed by atoms with E-state index in [9.17, 15) is 9.90 Å². The van der Waals surface area contributed by atoms with Gasteiger partial charge in [0.2, 0.25) is 0 Å². The zero-order valence-electron chi connectivity index (χ0n) is 19.8. The van der Waals surface area contributed by atoms with Gasteiger partial charge in [0.05, 0.1) is 0 Å². The summed E-state index contributed by atoms with van der Waals surface area (Å²) in [6.07, 6.45) is 5.54. The molecule has 0 fully saturated rings. The van der Waals surface area contributed by atoms with E-state index in [0.29, 0.717) is 5.75 Å². The van der Waals surface area contributed by atoms with Crippen molar-refractivity contribution >= 4 is 5.97 Å². The maximum absolute atomic E-state index is 12.0. The molecule has 0 radical (unpaired) electrons. The molecule has 2 aromatic rings. The van der Waals surface area contributed by atoms with Gasteiger partial charge in [0.15, 0.2) is 0 Å². The highest BCUT2D eigenvalue weighted by molar-refractivity contribution is 5.84. The fourth-order valence-electron chi connectivity index (χ4n) is 4.60. The van der Waals surface area contributed by atoms with E-state index in [2.05, 4.69) is 36.8 Å². The van der Waals surface area contributed by atoms with E-state index in [1.165, 1.54) is 19.4 Å². The SMILES string of the molecule is CCN(CC)CCCN(C)CCCCCc1cccc2c1Oc1ccccc1C2C(=O)O. The number of rotatable bonds is 13. The molecule has 1 N–H and O–H groups in total. The highest BCUT2D eigenvalue weighted by atomic mass is 16.5. The van der Waals surface area contributed by atoms with E-state index < -0.39 is 11.9 Å². The van der Waals surface area contributed by atoms with Crippen molar-refractivity contribution < 1.29 is 14.6 Å². The summed E-state index contributed by atoms with van der Waals surface area (Å²) in [5.74, 6) is -0.0959. The molecule has 2 aromatic carbocycles. The van der Waals surface area contributed by atoms with E-state index in [-0.39, 0.29) is 0 Å². The Labute approximate surface area is 193 Å². The van der Waals surface area contributed by atoms with E-state index in [4.69, 9.17) is 4.74 Å². The summed E-state index contributed by atoms with van der Waals surface area (Å²) >= 11 is 0. The molecular formula is C27H38N2O3. The van der Waals surface area contributed by atoms with Crippen molar-refractivity contribution in [3.8, 4) is 11.5 Å². The zero-order chi connectivity index (χ0) is 22.9. The second-order valence-corrected chi connectivity index (χ2v) is 8.74. The molecule has 1 aliphatic rings. The van der Waals surface area contributed by atoms with Crippen LogP contribution in [0, 0.1) is 0 Å². The first kappa shape index (κ1) is 24.3. The maximum Gasteiger partial charge on any atom is 0.315 e. The second kappa shape index (κ2) is 12.0. The fraction of sp³-hybridized carbons (Fsp3) is 0.519. The molecular weight excluding hydrogens is 400 g/mol. The van der Waals surface area contributed by atoms with Gasteiger partial charge in [-0.3, -0.25) is 4.79 Å². The van der Waals surface area contributed by atoms with Crippen LogP contribution in [0.1, 0.15) is 62.1 Å². The molecule has 0 aromatic heterocycles. The van der Waals surface area contributed by atoms with Crippen molar-refractivity contribution in [2.75, 3.05) is 39.8 Å². The third kappa shape index (κ3) is 6.11. The van der Waals surface area contributed by atoms with Gasteiger partial charge in [-0.15, -0.1) is 0 Å². The number of unbranched alkanes of at least 4 members (excludes halogenated alkanes) is 2. The van der Waals surface area contributed by atoms with Crippen LogP contribution in [0.5, 0.6) is 11.5 Å². The zero-order valence-corrected chi connectivity index (χ0v) is 19.8. The lowest BCUT2D eigenvalue weighted by atomic mass is 9.86. The number of carbonyl (C=O) groups is 1. The Balaban J connectivity index is 1.49. The number of fused-ring (bicyclic) bond motifs is 2. The van der Waals surface area contributed by atoms with Crippen LogP contribution in [-0.4, -0.2) is 60.6 Å². The molecule has 0 saturated carbocycles. The van der Waals surface area contributed by atoms with Crippen LogP contribution in [0.25, 0.3) is 0 Å². The summed E-state index contributed by atoms with van der Waals surface area (Å²) in [5, 5.41) is 9.88. The van der Waals surface area contributed by atoms with Crippen LogP contribution in [0.15, 0.2) is 42.5 Å². The Morgan fingerprint density at radius 3 is 2.38 bits per heavy atom. The number of aryl methyl sites for hydroxylation is 1. The summed E-state index contributed by atoms with van der Waals surface area (Å²) < 4.78 is 6.19. The van der Waals surface area contributed by atoms with E-state index in [1.54, 1.807) is 0 Å². The highest BCUT2D eigenvalue weighted by Crippen LogP contribution is 2.45. The summed E-state index contributed by atoms with van der Waals surface area (Å²) in [5.41, 5.74) is 2.60. The molecule has 0 aliphatic carbocycles. The Hall–Kier alpha value is -2.37. The van der Waals surface area contributed by atoms with Crippen molar-refractivity contribution in [2.45, 2.75) is 51.9 Å². The van der Waals surface area contributed by atoms with Crippen LogP contribution in [0.2, 0.25) is 0 Å². The van der Waals surface area contributed by atoms with E-state index in [1.807, 2.05) is 36.4 Å². The van der Waals surface area contributed by atoms with Crippen LogP contribution >= 0.6 is 0 Å². The van der Waals surface area contributed by atoms with Gasteiger partial charge in [-0.2, -0.15) is 0 Å². The largest absolute Gasteiger partial charge is 0.481 e. The molecule has 0 amide bonds. The summed E-state index contributed by atoms with van der Waals surface area (Å²) in [6, 6.07) is 13.4. The highest BCUT2D eigenvalue weighted by Gasteiger charge is 2.33. The Morgan fingerprint density at radius 2 is 1.62 bits per heavy atom. The molecule has 3 rings (SSSR count). The molecule has 0 bridgehead atoms. The van der Waals surface area contributed by atoms with Gasteiger partial charge in [-0.1, -0.05) is 56.7 Å². The molecule has 5 nitrogen and oxygen atoms in total. The number of aliphatic carboxylic acids is 1. The van der Waals surface area contributed by atoms with Crippen molar-refractivity contribution in [3.05, 3.63) is 59.2 Å². The molecule has 1 unspecified atom stereocenters. The molecule has 32 heavy (non-hydrogen) atoms. The topological polar surface area (TPSA) is 53.0 Å². The number of benzene rings is 2. The Bertz CT molecular complexity index is 879. The van der Waals surface area contributed by atoms with Gasteiger partial charge in [-0.05, 0) is 77.1 Å². The number of hydrogen-bond acceptors (Lipinski definition) is 4. The standard InChI is InChI=1S/C27H38N2O3/c1-4-29(5-2)20-12-19-28(3)18-10-6-7-13-21-14-11-16-23-25(27(30)31)22-15-8-9-17-24(22)32-26(21)23/h8-9,11,14-17,25H,4-7,10,12-13,18-20H2,1-3H3,(H,30,31). The monoisotopic (exact) mass is 438 g/mol. The quantitative estimate of drug-likeness (QED) is 0.425. The van der Waals surface area contributed by atoms with Gasteiger partial charge in [0.25, 0.3) is 0 Å². The summed E-state index contributed by atoms with van der Waals surface area (Å²) in [4.78, 5) is 16.9. The smallest absolute Gasteiger partial charge is 0.315 e. The molecule has 0 spiro atoms. The third-order valence-corrected chi connectivity index (χ3v) is 6.52. The first-order valence-electron chi connectivity index (χ1n) is 12.1. The van der Waals surface area contributed by atoms with Gasteiger partial charge in [0.1, 0.15) is 17.4 Å². The number of carboxylic acid groups (broad SMARTS) is 1. The minimum atomic E-state index is -0.830. The van der Waals surface area contributed by atoms with Gasteiger partial charge in [0, 0.05) is 11.1 Å². The minimum Gasteiger partial charge on any atom is -0.481 e. The predicted molar refractivity (Wildman–Crippen MR) is 130 cm³/mol. The molecule has 174 valence electrons. The molecule has 1 atom stereocenters. The minimum absolute atomic E-state index is 0.659. The van der Waals surface area contributed by atoms with Gasteiger partial charge >= 0.3 is 5.97 Å². The maximum atomic E-state index is 12.0. The van der Waals surface area contributed by atoms with Gasteiger partial charge in [-0.25, -0.2) is 0 Å². The van der Waals surface area contributed by atoms with Gasteiger partial charge < -0.3 is 19.6 Å². The van der Waals surface area contributed by atoms with Crippen molar-refractivity contribution in [1.82, 2.24) is 9.80 Å². The molecule has 1 heterocycles. The lowest BCUT2D eigenvalue weighted by Gasteiger charge is -2.27. The first-order chi connectivity index (χ1) is 15.5. The van der Waals surface area contributed by atoms with E-state index >= 15 is 0 Å². The number of para-hydroxylation sites is 2. The normalized spacial score (nSPS) is 14.8. The predicted octanol–water partition coefficient (Wildman–Crippen LogP) is 5.39. The summed E-state index contributed by atoms with van der Waals surface area (Å²) in [7, 11) is 2.22. The molecule has 0 saturated heterocycles. The van der Waals surface area contributed by atoms with Crippen LogP contribution < -0.4 is 4.74 Å². The van der Waals surface area contributed by atoms with Crippen molar-refractivity contribution in [2.24, 2.45) is 0 Å². The Kier molecular flexibility index (Phi) is 9.12. The van der Waals surface area contributed by atoms with Crippen molar-refractivity contribution in [3.63, 3.8) is 0 Å². The lowest BCUT2D eigenvalue weighted by Crippen LogP contribution is -2.28. The molecule has 5 heteroatoms. The van der Waals surface area contributed by atoms with E-state index in [0.717, 1.165) is 67.9 Å². The third-order valence-electron chi connectivity index (χ3n) is 6.52. The average Bonchev–Trinajstić information content (AvgIpc) is 2.80. The van der Waals surface area contributed by atoms with Crippen LogP contribution in [0.4, 0.5) is 0 Å². The summed E-state index contributed by atoms with van der Waals surface area (Å²) in [6.45, 7) is 10.2. The molecule has 1 aliphatic heterocycles. The van der Waals surface area contributed by atoms with Crippen LogP contribution in [-0.2, 0) is 11.2 Å². The first-order valence-corrected chi connectivity index (χ1v) is 12.1. The van der Waals surface area contributed by atoms with Crippen LogP contribution in [0.3, 0.4) is 0 Å². The number of nitrogens with zero attached hydrogens (tertiary/aromatic N) is 2. The number of ether oxygens (including phenoxy) is 1.